The Morgan fingerprint density at radius 2 is 1.79 bits per heavy atom. The van der Waals surface area contributed by atoms with E-state index in [0.717, 1.165) is 21.3 Å². The van der Waals surface area contributed by atoms with Gasteiger partial charge in [-0.05, 0) is 55.3 Å². The molecule has 0 aromatic heterocycles. The molecular weight excluding hydrogens is 326 g/mol. The van der Waals surface area contributed by atoms with Gasteiger partial charge >= 0.3 is 0 Å². The van der Waals surface area contributed by atoms with Crippen molar-refractivity contribution in [3.05, 3.63) is 56.5 Å². The summed E-state index contributed by atoms with van der Waals surface area (Å²) in [5.74, 6) is 1.28. The van der Waals surface area contributed by atoms with Gasteiger partial charge in [-0.3, -0.25) is 0 Å². The summed E-state index contributed by atoms with van der Waals surface area (Å²) in [6.07, 6.45) is 0. The first kappa shape index (κ1) is 13.9. The van der Waals surface area contributed by atoms with Gasteiger partial charge in [0.2, 0.25) is 0 Å². The van der Waals surface area contributed by atoms with Gasteiger partial charge in [0.15, 0.2) is 0 Å². The largest absolute Gasteiger partial charge is 0.455 e. The lowest BCUT2D eigenvalue weighted by atomic mass is 10.1. The Kier molecular flexibility index (Phi) is 4.14. The van der Waals surface area contributed by atoms with Gasteiger partial charge in [-0.25, -0.2) is 0 Å². The zero-order valence-corrected chi connectivity index (χ0v) is 12.8. The van der Waals surface area contributed by atoms with E-state index in [0.29, 0.717) is 16.3 Å². The highest BCUT2D eigenvalue weighted by atomic mass is 79.9. The van der Waals surface area contributed by atoms with Crippen LogP contribution in [-0.4, -0.2) is 0 Å². The fourth-order valence-electron chi connectivity index (χ4n) is 1.85. The van der Waals surface area contributed by atoms with Crippen LogP contribution >= 0.6 is 27.5 Å². The van der Waals surface area contributed by atoms with E-state index in [9.17, 15) is 0 Å². The molecule has 0 aliphatic rings. The number of nitriles is 1. The summed E-state index contributed by atoms with van der Waals surface area (Å²) < 4.78 is 6.72. The summed E-state index contributed by atoms with van der Waals surface area (Å²) >= 11 is 9.33. The van der Waals surface area contributed by atoms with E-state index in [4.69, 9.17) is 21.6 Å². The molecule has 2 aromatic carbocycles. The monoisotopic (exact) mass is 335 g/mol. The maximum absolute atomic E-state index is 9.13. The van der Waals surface area contributed by atoms with Crippen LogP contribution in [0.5, 0.6) is 11.5 Å². The molecule has 2 aromatic rings. The summed E-state index contributed by atoms with van der Waals surface area (Å²) in [6.45, 7) is 3.86. The standard InChI is InChI=1S/C15H11BrClNO/c1-9-5-13(17)6-10(2)15(9)19-14-4-3-12(16)7-11(14)8-18/h3-7H,1-2H3. The van der Waals surface area contributed by atoms with Crippen LogP contribution in [-0.2, 0) is 0 Å². The molecule has 96 valence electrons. The topological polar surface area (TPSA) is 33.0 Å². The molecule has 0 saturated heterocycles. The molecule has 0 fully saturated rings. The molecule has 2 rings (SSSR count). The Morgan fingerprint density at radius 3 is 2.37 bits per heavy atom. The predicted octanol–water partition coefficient (Wildman–Crippen LogP) is 5.38. The van der Waals surface area contributed by atoms with E-state index in [2.05, 4.69) is 22.0 Å². The van der Waals surface area contributed by atoms with Gasteiger partial charge in [0.05, 0.1) is 5.56 Å². The number of halogens is 2. The smallest absolute Gasteiger partial charge is 0.145 e. The highest BCUT2D eigenvalue weighted by Crippen LogP contribution is 2.33. The average molecular weight is 337 g/mol. The van der Waals surface area contributed by atoms with Crippen LogP contribution in [0.25, 0.3) is 0 Å². The van der Waals surface area contributed by atoms with Crippen molar-refractivity contribution in [3.63, 3.8) is 0 Å². The number of hydrogen-bond acceptors (Lipinski definition) is 2. The molecule has 0 aliphatic carbocycles. The molecule has 0 unspecified atom stereocenters. The molecule has 0 amide bonds. The van der Waals surface area contributed by atoms with Crippen molar-refractivity contribution in [2.75, 3.05) is 0 Å². The van der Waals surface area contributed by atoms with E-state index in [-0.39, 0.29) is 0 Å². The quantitative estimate of drug-likeness (QED) is 0.737. The third-order valence-corrected chi connectivity index (χ3v) is 3.41. The lowest BCUT2D eigenvalue weighted by Gasteiger charge is -2.13. The fraction of sp³-hybridized carbons (Fsp3) is 0.133. The van der Waals surface area contributed by atoms with E-state index in [1.807, 2.05) is 32.0 Å². The summed E-state index contributed by atoms with van der Waals surface area (Å²) in [6, 6.07) is 11.2. The Balaban J connectivity index is 2.45. The van der Waals surface area contributed by atoms with Crippen LogP contribution < -0.4 is 4.74 Å². The summed E-state index contributed by atoms with van der Waals surface area (Å²) in [5, 5.41) is 9.81. The van der Waals surface area contributed by atoms with Crippen molar-refractivity contribution >= 4 is 27.5 Å². The summed E-state index contributed by atoms with van der Waals surface area (Å²) in [7, 11) is 0. The van der Waals surface area contributed by atoms with Crippen molar-refractivity contribution in [1.29, 1.82) is 5.26 Å². The first-order valence-corrected chi connectivity index (χ1v) is 6.82. The first-order valence-electron chi connectivity index (χ1n) is 5.65. The molecular formula is C15H11BrClNO. The first-order chi connectivity index (χ1) is 9.01. The maximum Gasteiger partial charge on any atom is 0.145 e. The zero-order valence-electron chi connectivity index (χ0n) is 10.5. The molecule has 19 heavy (non-hydrogen) atoms. The molecule has 2 nitrogen and oxygen atoms in total. The SMILES string of the molecule is Cc1cc(Cl)cc(C)c1Oc1ccc(Br)cc1C#N. The third kappa shape index (κ3) is 3.09. The van der Waals surface area contributed by atoms with Gasteiger partial charge in [-0.2, -0.15) is 5.26 Å². The molecule has 0 N–H and O–H groups in total. The molecule has 4 heteroatoms. The van der Waals surface area contributed by atoms with Crippen LogP contribution in [0.1, 0.15) is 16.7 Å². The van der Waals surface area contributed by atoms with Crippen LogP contribution in [0.4, 0.5) is 0 Å². The van der Waals surface area contributed by atoms with Crippen LogP contribution in [0.2, 0.25) is 5.02 Å². The van der Waals surface area contributed by atoms with Gasteiger partial charge in [0.1, 0.15) is 17.6 Å². The predicted molar refractivity (Wildman–Crippen MR) is 79.9 cm³/mol. The van der Waals surface area contributed by atoms with Gasteiger partial charge in [0.25, 0.3) is 0 Å². The van der Waals surface area contributed by atoms with Gasteiger partial charge < -0.3 is 4.74 Å². The maximum atomic E-state index is 9.13. The van der Waals surface area contributed by atoms with Crippen LogP contribution in [0.15, 0.2) is 34.8 Å². The number of aryl methyl sites for hydroxylation is 2. The number of hydrogen-bond donors (Lipinski definition) is 0. The Hall–Kier alpha value is -1.50. The van der Waals surface area contributed by atoms with Crippen molar-refractivity contribution in [1.82, 2.24) is 0 Å². The summed E-state index contributed by atoms with van der Waals surface area (Å²) in [5.41, 5.74) is 2.37. The Morgan fingerprint density at radius 1 is 1.16 bits per heavy atom. The van der Waals surface area contributed by atoms with E-state index >= 15 is 0 Å². The molecule has 0 saturated carbocycles. The third-order valence-electron chi connectivity index (χ3n) is 2.70. The highest BCUT2D eigenvalue weighted by Gasteiger charge is 2.10. The normalized spacial score (nSPS) is 10.1. The number of nitrogens with zero attached hydrogens (tertiary/aromatic N) is 1. The molecule has 0 heterocycles. The van der Waals surface area contributed by atoms with Gasteiger partial charge in [-0.15, -0.1) is 0 Å². The Labute approximate surface area is 125 Å². The van der Waals surface area contributed by atoms with Crippen molar-refractivity contribution in [2.24, 2.45) is 0 Å². The Bertz CT molecular complexity index is 653. The second-order valence-electron chi connectivity index (χ2n) is 4.22. The minimum Gasteiger partial charge on any atom is -0.455 e. The van der Waals surface area contributed by atoms with Crippen LogP contribution in [0.3, 0.4) is 0 Å². The zero-order chi connectivity index (χ0) is 14.0. The second kappa shape index (κ2) is 5.64. The molecule has 0 spiro atoms. The average Bonchev–Trinajstić information content (AvgIpc) is 2.35. The molecule has 0 atom stereocenters. The van der Waals surface area contributed by atoms with Crippen LogP contribution in [0, 0.1) is 25.2 Å². The summed E-state index contributed by atoms with van der Waals surface area (Å²) in [4.78, 5) is 0. The number of benzene rings is 2. The fourth-order valence-corrected chi connectivity index (χ4v) is 2.54. The van der Waals surface area contributed by atoms with Gasteiger partial charge in [0, 0.05) is 9.50 Å². The lowest BCUT2D eigenvalue weighted by Crippen LogP contribution is -1.93. The van der Waals surface area contributed by atoms with Crippen molar-refractivity contribution in [3.8, 4) is 17.6 Å². The second-order valence-corrected chi connectivity index (χ2v) is 5.58. The molecule has 0 aliphatic heterocycles. The number of ether oxygens (including phenoxy) is 1. The van der Waals surface area contributed by atoms with Crippen molar-refractivity contribution in [2.45, 2.75) is 13.8 Å². The van der Waals surface area contributed by atoms with Crippen molar-refractivity contribution < 1.29 is 4.74 Å². The molecule has 0 radical (unpaired) electrons. The van der Waals surface area contributed by atoms with Gasteiger partial charge in [-0.1, -0.05) is 27.5 Å². The minimum atomic E-state index is 0.489. The lowest BCUT2D eigenvalue weighted by molar-refractivity contribution is 0.473. The van der Waals surface area contributed by atoms with E-state index in [1.54, 1.807) is 12.1 Å². The minimum absolute atomic E-state index is 0.489. The van der Waals surface area contributed by atoms with E-state index in [1.165, 1.54) is 0 Å². The molecule has 0 bridgehead atoms. The highest BCUT2D eigenvalue weighted by molar-refractivity contribution is 9.10. The number of rotatable bonds is 2. The van der Waals surface area contributed by atoms with E-state index < -0.39 is 0 Å².